The van der Waals surface area contributed by atoms with Gasteiger partial charge in [0.25, 0.3) is 0 Å². The quantitative estimate of drug-likeness (QED) is 0.278. The first-order valence-corrected chi connectivity index (χ1v) is 17.3. The van der Waals surface area contributed by atoms with E-state index in [0.717, 1.165) is 45.2 Å². The maximum Gasteiger partial charge on any atom is 0.303 e. The number of nitrogens with one attached hydrogen (secondary N) is 3. The lowest BCUT2D eigenvalue weighted by molar-refractivity contribution is -0.138. The highest BCUT2D eigenvalue weighted by molar-refractivity contribution is 7.88. The van der Waals surface area contributed by atoms with Crippen LogP contribution >= 0.6 is 0 Å². The minimum absolute atomic E-state index is 0.00660. The number of rotatable bonds is 11. The fraction of sp³-hybridized carbons (Fsp3) is 0.967. The van der Waals surface area contributed by atoms with Crippen molar-refractivity contribution in [2.45, 2.75) is 117 Å². The minimum atomic E-state index is -3.31. The summed E-state index contributed by atoms with van der Waals surface area (Å²) in [7, 11) is -3.31. The van der Waals surface area contributed by atoms with Gasteiger partial charge in [0.1, 0.15) is 0 Å². The molecule has 0 radical (unpaired) electrons. The van der Waals surface area contributed by atoms with Gasteiger partial charge in [0, 0.05) is 37.6 Å². The van der Waals surface area contributed by atoms with Gasteiger partial charge in [0.05, 0.1) is 6.26 Å². The van der Waals surface area contributed by atoms with Crippen molar-refractivity contribution in [3.05, 3.63) is 0 Å². The van der Waals surface area contributed by atoms with Crippen LogP contribution in [0.2, 0.25) is 0 Å². The molecule has 4 aliphatic rings. The van der Waals surface area contributed by atoms with Crippen LogP contribution in [0.3, 0.4) is 0 Å². The van der Waals surface area contributed by atoms with Crippen molar-refractivity contribution < 1.29 is 18.3 Å². The van der Waals surface area contributed by atoms with Crippen molar-refractivity contribution in [3.8, 4) is 0 Å². The number of carboxylic acid groups (broad SMARTS) is 1. The molecule has 4 fully saturated rings. The summed E-state index contributed by atoms with van der Waals surface area (Å²) in [6.07, 6.45) is 11.5. The van der Waals surface area contributed by atoms with Gasteiger partial charge in [-0.1, -0.05) is 34.6 Å². The second-order valence-corrected chi connectivity index (χ2v) is 16.2. The zero-order valence-corrected chi connectivity index (χ0v) is 25.6. The summed E-state index contributed by atoms with van der Waals surface area (Å²) in [5.41, 5.74) is 0.435. The fourth-order valence-electron chi connectivity index (χ4n) is 10.0. The van der Waals surface area contributed by atoms with Gasteiger partial charge in [0.15, 0.2) is 0 Å². The highest BCUT2D eigenvalue weighted by Gasteiger charge is 2.63. The van der Waals surface area contributed by atoms with Gasteiger partial charge in [-0.3, -0.25) is 4.79 Å². The summed E-state index contributed by atoms with van der Waals surface area (Å²) in [4.78, 5) is 11.3. The third-order valence-corrected chi connectivity index (χ3v) is 12.5. The summed E-state index contributed by atoms with van der Waals surface area (Å²) in [6.45, 7) is 13.6. The number of sulfonamides is 1. The maximum absolute atomic E-state index is 12.6. The number of fused-ring (bicyclic) bond motifs is 5. The smallest absolute Gasteiger partial charge is 0.303 e. The molecule has 0 heterocycles. The predicted octanol–water partition coefficient (Wildman–Crippen LogP) is 4.63. The van der Waals surface area contributed by atoms with E-state index in [-0.39, 0.29) is 23.3 Å². The molecule has 220 valence electrons. The van der Waals surface area contributed by atoms with Gasteiger partial charge in [-0.2, -0.15) is 0 Å². The van der Waals surface area contributed by atoms with Crippen LogP contribution in [0, 0.1) is 46.3 Å². The molecule has 4 N–H and O–H groups in total. The highest BCUT2D eigenvalue weighted by Crippen LogP contribution is 2.68. The Morgan fingerprint density at radius 1 is 0.974 bits per heavy atom. The molecule has 8 heteroatoms. The van der Waals surface area contributed by atoms with E-state index >= 15 is 0 Å². The molecule has 4 aliphatic carbocycles. The van der Waals surface area contributed by atoms with Gasteiger partial charge in [-0.15, -0.1) is 0 Å². The second-order valence-electron chi connectivity index (χ2n) is 14.4. The summed E-state index contributed by atoms with van der Waals surface area (Å²) in [5, 5.41) is 16.6. The molecule has 0 bridgehead atoms. The average Bonchev–Trinajstić information content (AvgIpc) is 3.17. The van der Waals surface area contributed by atoms with E-state index in [2.05, 4.69) is 50.0 Å². The van der Waals surface area contributed by atoms with Crippen molar-refractivity contribution in [2.75, 3.05) is 19.3 Å². The highest BCUT2D eigenvalue weighted by atomic mass is 32.2. The SMILES string of the molecule is CC(C)NCCNC1CC[C@]2(C)C3CC[C@@]4(C)C(CC[C@@H]4[C@H](C)CCC(=O)O)C3C(NS(C)(=O)=O)C[C@H]2C1. The Labute approximate surface area is 232 Å². The Balaban J connectivity index is 1.53. The first-order chi connectivity index (χ1) is 17.7. The molecule has 0 aromatic heterocycles. The van der Waals surface area contributed by atoms with Crippen LogP contribution in [0.15, 0.2) is 0 Å². The predicted molar refractivity (Wildman–Crippen MR) is 153 cm³/mol. The van der Waals surface area contributed by atoms with Crippen LogP contribution in [0.25, 0.3) is 0 Å². The first kappa shape index (κ1) is 30.3. The van der Waals surface area contributed by atoms with E-state index in [1.807, 2.05) is 0 Å². The topological polar surface area (TPSA) is 108 Å². The molecule has 4 rings (SSSR count). The Morgan fingerprint density at radius 2 is 1.66 bits per heavy atom. The molecule has 5 unspecified atom stereocenters. The standard InChI is InChI=1S/C30H55N3O4S/c1-19(2)31-15-16-32-22-11-13-29(4)21(17-22)18-26(33-38(6,36)37)28-24-9-8-23(20(3)7-10-27(34)35)30(24,5)14-12-25(28)29/h19-26,28,31-33H,7-18H2,1-6H3,(H,34,35)/t20-,21-,22?,23-,24?,25?,26?,28?,29+,30-/m1/s1. The molecule has 10 atom stereocenters. The van der Waals surface area contributed by atoms with Crippen molar-refractivity contribution >= 4 is 16.0 Å². The van der Waals surface area contributed by atoms with Crippen LogP contribution < -0.4 is 15.4 Å². The number of hydrogen-bond donors (Lipinski definition) is 4. The van der Waals surface area contributed by atoms with E-state index < -0.39 is 16.0 Å². The molecule has 7 nitrogen and oxygen atoms in total. The minimum Gasteiger partial charge on any atom is -0.481 e. The fourth-order valence-corrected chi connectivity index (χ4v) is 10.8. The van der Waals surface area contributed by atoms with Crippen LogP contribution in [0.5, 0.6) is 0 Å². The summed E-state index contributed by atoms with van der Waals surface area (Å²) < 4.78 is 28.4. The Kier molecular flexibility index (Phi) is 9.28. The van der Waals surface area contributed by atoms with E-state index in [0.29, 0.717) is 47.6 Å². The molecule has 0 spiro atoms. The lowest BCUT2D eigenvalue weighted by Gasteiger charge is -2.63. The Bertz CT molecular complexity index is 942. The summed E-state index contributed by atoms with van der Waals surface area (Å²) in [6, 6.07) is 1.02. The molecule has 0 aromatic rings. The molecule has 0 aromatic carbocycles. The maximum atomic E-state index is 12.6. The van der Waals surface area contributed by atoms with Crippen molar-refractivity contribution in [2.24, 2.45) is 46.3 Å². The van der Waals surface area contributed by atoms with Crippen LogP contribution in [0.4, 0.5) is 0 Å². The van der Waals surface area contributed by atoms with E-state index in [1.165, 1.54) is 31.9 Å². The molecule has 4 saturated carbocycles. The lowest BCUT2D eigenvalue weighted by atomic mass is 9.43. The van der Waals surface area contributed by atoms with Crippen molar-refractivity contribution in [1.29, 1.82) is 0 Å². The van der Waals surface area contributed by atoms with Gasteiger partial charge in [-0.25, -0.2) is 13.1 Å². The normalized spacial score (nSPS) is 41.8. The number of carbonyl (C=O) groups is 1. The van der Waals surface area contributed by atoms with Crippen LogP contribution in [-0.2, 0) is 14.8 Å². The third-order valence-electron chi connectivity index (χ3n) is 11.8. The molecular formula is C30H55N3O4S. The third kappa shape index (κ3) is 6.28. The Hall–Kier alpha value is -0.700. The number of carboxylic acids is 1. The Morgan fingerprint density at radius 3 is 2.32 bits per heavy atom. The van der Waals surface area contributed by atoms with Gasteiger partial charge in [-0.05, 0) is 104 Å². The molecule has 0 saturated heterocycles. The molecule has 38 heavy (non-hydrogen) atoms. The zero-order chi connectivity index (χ0) is 27.9. The van der Waals surface area contributed by atoms with Gasteiger partial charge in [0.2, 0.25) is 10.0 Å². The van der Waals surface area contributed by atoms with Gasteiger partial charge < -0.3 is 15.7 Å². The van der Waals surface area contributed by atoms with E-state index in [4.69, 9.17) is 0 Å². The van der Waals surface area contributed by atoms with E-state index in [1.54, 1.807) is 0 Å². The largest absolute Gasteiger partial charge is 0.481 e. The number of hydrogen-bond acceptors (Lipinski definition) is 5. The molecular weight excluding hydrogens is 498 g/mol. The van der Waals surface area contributed by atoms with Gasteiger partial charge >= 0.3 is 5.97 Å². The lowest BCUT2D eigenvalue weighted by Crippen LogP contribution is -2.62. The van der Waals surface area contributed by atoms with Crippen molar-refractivity contribution in [1.82, 2.24) is 15.4 Å². The van der Waals surface area contributed by atoms with Crippen LogP contribution in [-0.4, -0.2) is 57.0 Å². The van der Waals surface area contributed by atoms with Crippen LogP contribution in [0.1, 0.15) is 98.8 Å². The average molecular weight is 554 g/mol. The zero-order valence-electron chi connectivity index (χ0n) is 24.8. The van der Waals surface area contributed by atoms with E-state index in [9.17, 15) is 18.3 Å². The van der Waals surface area contributed by atoms with Crippen molar-refractivity contribution in [3.63, 3.8) is 0 Å². The monoisotopic (exact) mass is 553 g/mol. The number of aliphatic carboxylic acids is 1. The first-order valence-electron chi connectivity index (χ1n) is 15.4. The summed E-state index contributed by atoms with van der Waals surface area (Å²) in [5.74, 6) is 2.17. The molecule has 0 aliphatic heterocycles. The second kappa shape index (κ2) is 11.7. The molecule has 0 amide bonds. The summed E-state index contributed by atoms with van der Waals surface area (Å²) >= 11 is 0.